The number of fused-ring (bicyclic) bond motifs is 1. The zero-order valence-corrected chi connectivity index (χ0v) is 19.8. The monoisotopic (exact) mass is 467 g/mol. The van der Waals surface area contributed by atoms with Crippen LogP contribution in [0.15, 0.2) is 77.8 Å². The van der Waals surface area contributed by atoms with Crippen molar-refractivity contribution in [2.45, 2.75) is 44.1 Å². The first-order valence-electron chi connectivity index (χ1n) is 12.2. The number of amides is 1. The van der Waals surface area contributed by atoms with Crippen LogP contribution in [0, 0.1) is 0 Å². The van der Waals surface area contributed by atoms with E-state index >= 15 is 0 Å². The van der Waals surface area contributed by atoms with E-state index in [1.165, 1.54) is 39.2 Å². The maximum atomic E-state index is 13.1. The molecule has 178 valence electrons. The Morgan fingerprint density at radius 3 is 2.40 bits per heavy atom. The number of benzene rings is 3. The van der Waals surface area contributed by atoms with Gasteiger partial charge in [-0.15, -0.1) is 0 Å². The Morgan fingerprint density at radius 2 is 1.69 bits per heavy atom. The number of aliphatic imine (C=N–C) groups is 1. The molecule has 2 N–H and O–H groups in total. The second-order valence-electron chi connectivity index (χ2n) is 9.11. The maximum absolute atomic E-state index is 13.1. The van der Waals surface area contributed by atoms with Crippen molar-refractivity contribution in [2.24, 2.45) is 4.99 Å². The fourth-order valence-corrected chi connectivity index (χ4v) is 4.94. The molecular formula is C29H29N3O3. The third-order valence-corrected chi connectivity index (χ3v) is 6.74. The summed E-state index contributed by atoms with van der Waals surface area (Å²) in [5.74, 6) is -1.19. The highest BCUT2D eigenvalue weighted by Crippen LogP contribution is 2.37. The minimum atomic E-state index is -0.584. The number of nitrogens with one attached hydrogen (secondary N) is 2. The third-order valence-electron chi connectivity index (χ3n) is 6.74. The van der Waals surface area contributed by atoms with E-state index in [1.807, 2.05) is 42.5 Å². The molecule has 1 amide bonds. The topological polar surface area (TPSA) is 79.8 Å². The molecule has 3 aromatic carbocycles. The van der Waals surface area contributed by atoms with Crippen LogP contribution in [0.1, 0.15) is 59.5 Å². The molecule has 5 rings (SSSR count). The number of carbonyl (C=O) groups excluding carboxylic acids is 2. The number of nitrogens with zero attached hydrogens (tertiary/aromatic N) is 1. The summed E-state index contributed by atoms with van der Waals surface area (Å²) in [5, 5.41) is 6.56. The predicted octanol–water partition coefficient (Wildman–Crippen LogP) is 6.07. The lowest BCUT2D eigenvalue weighted by molar-refractivity contribution is -0.115. The zero-order valence-electron chi connectivity index (χ0n) is 19.8. The lowest BCUT2D eigenvalue weighted by Gasteiger charge is -2.23. The second kappa shape index (κ2) is 10.1. The van der Waals surface area contributed by atoms with Gasteiger partial charge >= 0.3 is 5.97 Å². The fourth-order valence-electron chi connectivity index (χ4n) is 4.94. The van der Waals surface area contributed by atoms with Crippen LogP contribution in [0.3, 0.4) is 0 Å². The first-order valence-corrected chi connectivity index (χ1v) is 12.2. The molecule has 1 aliphatic heterocycles. The summed E-state index contributed by atoms with van der Waals surface area (Å²) in [4.78, 5) is 30.1. The van der Waals surface area contributed by atoms with E-state index in [2.05, 4.69) is 22.8 Å². The maximum Gasteiger partial charge on any atom is 0.337 e. The van der Waals surface area contributed by atoms with E-state index < -0.39 is 11.9 Å². The molecule has 6 nitrogen and oxygen atoms in total. The molecule has 0 saturated heterocycles. The van der Waals surface area contributed by atoms with Crippen LogP contribution < -0.4 is 10.6 Å². The van der Waals surface area contributed by atoms with E-state index in [4.69, 9.17) is 9.73 Å². The van der Waals surface area contributed by atoms with Crippen LogP contribution in [0.2, 0.25) is 0 Å². The van der Waals surface area contributed by atoms with Crippen LogP contribution >= 0.6 is 0 Å². The molecular weight excluding hydrogens is 438 g/mol. The lowest BCUT2D eigenvalue weighted by Crippen LogP contribution is -2.22. The van der Waals surface area contributed by atoms with E-state index in [-0.39, 0.29) is 5.91 Å². The average Bonchev–Trinajstić information content (AvgIpc) is 3.23. The van der Waals surface area contributed by atoms with Gasteiger partial charge in [-0.3, -0.25) is 9.79 Å². The summed E-state index contributed by atoms with van der Waals surface area (Å²) in [7, 11) is 1.34. The van der Waals surface area contributed by atoms with E-state index in [9.17, 15) is 9.59 Å². The van der Waals surface area contributed by atoms with Gasteiger partial charge < -0.3 is 15.4 Å². The van der Waals surface area contributed by atoms with Gasteiger partial charge in [-0.25, -0.2) is 4.79 Å². The fraction of sp³-hybridized carbons (Fsp3) is 0.276. The molecule has 2 aliphatic rings. The van der Waals surface area contributed by atoms with Gasteiger partial charge in [0.2, 0.25) is 5.91 Å². The Kier molecular flexibility index (Phi) is 6.62. The molecule has 0 bridgehead atoms. The Hall–Kier alpha value is -3.93. The molecule has 1 fully saturated rings. The normalized spacial score (nSPS) is 18.0. The van der Waals surface area contributed by atoms with E-state index in [1.54, 1.807) is 18.2 Å². The van der Waals surface area contributed by atoms with Crippen LogP contribution in [0.5, 0.6) is 0 Å². The molecule has 6 heteroatoms. The third kappa shape index (κ3) is 4.97. The molecule has 1 atom stereocenters. The molecule has 1 saturated carbocycles. The van der Waals surface area contributed by atoms with Crippen molar-refractivity contribution in [1.82, 2.24) is 0 Å². The molecule has 0 spiro atoms. The Bertz CT molecular complexity index is 1250. The largest absolute Gasteiger partial charge is 0.465 e. The first kappa shape index (κ1) is 22.8. The molecule has 0 radical (unpaired) electrons. The van der Waals surface area contributed by atoms with Crippen molar-refractivity contribution in [3.05, 3.63) is 89.5 Å². The standard InChI is InChI=1S/C29H29N3O3/c1-35-29(34)20-12-17-24-25(18-20)32-28(33)26(24)27(19-8-4-2-5-9-19)31-23-15-13-22(14-16-23)30-21-10-6-3-7-11-21/h2,4-5,8-9,12-18,21,26,30H,3,6-7,10-11H2,1H3,(H,32,33). The molecule has 1 unspecified atom stereocenters. The average molecular weight is 468 g/mol. The van der Waals surface area contributed by atoms with Crippen LogP contribution in [-0.4, -0.2) is 30.7 Å². The SMILES string of the molecule is COC(=O)c1ccc2c(c1)NC(=O)C2C(=Nc1ccc(NC2CCCCC2)cc1)c1ccccc1. The van der Waals surface area contributed by atoms with Crippen molar-refractivity contribution in [1.29, 1.82) is 0 Å². The minimum absolute atomic E-state index is 0.166. The van der Waals surface area contributed by atoms with Crippen molar-refractivity contribution in [3.63, 3.8) is 0 Å². The van der Waals surface area contributed by atoms with Gasteiger partial charge in [0.15, 0.2) is 0 Å². The number of carbonyl (C=O) groups is 2. The molecule has 0 aromatic heterocycles. The van der Waals surface area contributed by atoms with Gasteiger partial charge in [-0.2, -0.15) is 0 Å². The summed E-state index contributed by atoms with van der Waals surface area (Å²) in [6.45, 7) is 0. The number of esters is 1. The van der Waals surface area contributed by atoms with Crippen LogP contribution in [0.4, 0.5) is 17.1 Å². The van der Waals surface area contributed by atoms with Crippen molar-refractivity contribution in [3.8, 4) is 0 Å². The van der Waals surface area contributed by atoms with Crippen molar-refractivity contribution >= 4 is 34.7 Å². The van der Waals surface area contributed by atoms with Gasteiger partial charge in [0, 0.05) is 17.4 Å². The predicted molar refractivity (Wildman–Crippen MR) is 139 cm³/mol. The summed E-state index contributed by atoms with van der Waals surface area (Å²) in [6, 6.07) is 23.5. The Balaban J connectivity index is 1.47. The number of methoxy groups -OCH3 is 1. The van der Waals surface area contributed by atoms with E-state index in [0.29, 0.717) is 23.0 Å². The highest BCUT2D eigenvalue weighted by atomic mass is 16.5. The van der Waals surface area contributed by atoms with E-state index in [0.717, 1.165) is 22.5 Å². The van der Waals surface area contributed by atoms with Crippen molar-refractivity contribution < 1.29 is 14.3 Å². The highest BCUT2D eigenvalue weighted by Gasteiger charge is 2.36. The number of hydrogen-bond donors (Lipinski definition) is 2. The van der Waals surface area contributed by atoms with Gasteiger partial charge in [0.05, 0.1) is 24.1 Å². The molecule has 3 aromatic rings. The smallest absolute Gasteiger partial charge is 0.337 e. The molecule has 35 heavy (non-hydrogen) atoms. The summed E-state index contributed by atoms with van der Waals surface area (Å²) in [6.07, 6.45) is 6.33. The van der Waals surface area contributed by atoms with Gasteiger partial charge in [0.25, 0.3) is 0 Å². The van der Waals surface area contributed by atoms with Crippen molar-refractivity contribution in [2.75, 3.05) is 17.7 Å². The molecule has 1 heterocycles. The number of rotatable bonds is 6. The van der Waals surface area contributed by atoms with Crippen LogP contribution in [-0.2, 0) is 9.53 Å². The number of hydrogen-bond acceptors (Lipinski definition) is 5. The van der Waals surface area contributed by atoms with Gasteiger partial charge in [-0.1, -0.05) is 55.7 Å². The summed E-state index contributed by atoms with van der Waals surface area (Å²) in [5.41, 5.74) is 5.22. The zero-order chi connectivity index (χ0) is 24.2. The number of ether oxygens (including phenoxy) is 1. The number of anilines is 2. The lowest BCUT2D eigenvalue weighted by atomic mass is 9.90. The molecule has 1 aliphatic carbocycles. The minimum Gasteiger partial charge on any atom is -0.465 e. The Morgan fingerprint density at radius 1 is 0.943 bits per heavy atom. The quantitative estimate of drug-likeness (QED) is 0.340. The first-order chi connectivity index (χ1) is 17.1. The summed E-state index contributed by atoms with van der Waals surface area (Å²) < 4.78 is 4.82. The van der Waals surface area contributed by atoms with Gasteiger partial charge in [-0.05, 0) is 60.4 Å². The van der Waals surface area contributed by atoms with Crippen LogP contribution in [0.25, 0.3) is 0 Å². The second-order valence-corrected chi connectivity index (χ2v) is 9.11. The summed E-state index contributed by atoms with van der Waals surface area (Å²) >= 11 is 0. The highest BCUT2D eigenvalue weighted by molar-refractivity contribution is 6.24. The van der Waals surface area contributed by atoms with Gasteiger partial charge in [0.1, 0.15) is 5.92 Å². The Labute approximate surface area is 205 Å².